The lowest BCUT2D eigenvalue weighted by Gasteiger charge is -2.15. The molecule has 2 aromatic heterocycles. The Bertz CT molecular complexity index is 1120. The van der Waals surface area contributed by atoms with E-state index in [0.717, 1.165) is 0 Å². The van der Waals surface area contributed by atoms with Gasteiger partial charge in [-0.25, -0.2) is 19.2 Å². The Morgan fingerprint density at radius 3 is 2.79 bits per heavy atom. The van der Waals surface area contributed by atoms with Gasteiger partial charge in [0.15, 0.2) is 23.1 Å². The second-order valence-corrected chi connectivity index (χ2v) is 6.98. The average Bonchev–Trinajstić information content (AvgIpc) is 3.34. The van der Waals surface area contributed by atoms with Gasteiger partial charge in [0.1, 0.15) is 18.2 Å². The number of benzene rings is 1. The number of nitrogens with zero attached hydrogens (tertiary/aromatic N) is 2. The Labute approximate surface area is 195 Å². The van der Waals surface area contributed by atoms with Gasteiger partial charge in [-0.15, -0.1) is 0 Å². The molecule has 0 amide bonds. The van der Waals surface area contributed by atoms with E-state index in [2.05, 4.69) is 21.9 Å². The molecule has 0 aliphatic carbocycles. The first-order valence-corrected chi connectivity index (χ1v) is 10.5. The van der Waals surface area contributed by atoms with E-state index in [1.54, 1.807) is 12.1 Å². The molecule has 1 aromatic carbocycles. The van der Waals surface area contributed by atoms with Gasteiger partial charge < -0.3 is 23.9 Å². The number of hydrogen-bond acceptors (Lipinski definition) is 8. The second-order valence-electron chi connectivity index (χ2n) is 6.57. The van der Waals surface area contributed by atoms with Gasteiger partial charge in [0, 0.05) is 12.2 Å². The molecule has 8 nitrogen and oxygen atoms in total. The van der Waals surface area contributed by atoms with Gasteiger partial charge >= 0.3 is 5.97 Å². The summed E-state index contributed by atoms with van der Waals surface area (Å²) < 4.78 is 35.9. The minimum atomic E-state index is -0.760. The van der Waals surface area contributed by atoms with Crippen molar-refractivity contribution in [2.24, 2.45) is 0 Å². The van der Waals surface area contributed by atoms with Crippen LogP contribution in [-0.2, 0) is 16.0 Å². The first kappa shape index (κ1) is 24.2. The average molecular weight is 476 g/mol. The third-order valence-corrected chi connectivity index (χ3v) is 4.81. The van der Waals surface area contributed by atoms with Crippen molar-refractivity contribution >= 4 is 29.5 Å². The fraction of sp³-hybridized carbons (Fsp3) is 0.261. The molecule has 1 N–H and O–H groups in total. The number of nitrogens with one attached hydrogen (secondary N) is 1. The van der Waals surface area contributed by atoms with Gasteiger partial charge in [-0.2, -0.15) is 0 Å². The maximum atomic E-state index is 15.1. The SMILES string of the molecule is C=Cc1c(NCc2ccco2)nc(-c2ccc(Cl)c(OC)c2F)nc1C(=O)OCCOCC. The topological polar surface area (TPSA) is 95.7 Å². The first-order valence-electron chi connectivity index (χ1n) is 10.1. The van der Waals surface area contributed by atoms with E-state index in [4.69, 9.17) is 30.2 Å². The zero-order valence-electron chi connectivity index (χ0n) is 18.2. The van der Waals surface area contributed by atoms with Crippen LogP contribution in [0.2, 0.25) is 5.02 Å². The lowest BCUT2D eigenvalue weighted by molar-refractivity contribution is 0.0329. The highest BCUT2D eigenvalue weighted by atomic mass is 35.5. The molecule has 33 heavy (non-hydrogen) atoms. The molecule has 0 aliphatic heterocycles. The maximum absolute atomic E-state index is 15.1. The van der Waals surface area contributed by atoms with Gasteiger partial charge in [-0.1, -0.05) is 24.3 Å². The van der Waals surface area contributed by atoms with Crippen molar-refractivity contribution in [2.45, 2.75) is 13.5 Å². The number of furan rings is 1. The number of rotatable bonds is 11. The molecule has 10 heteroatoms. The zero-order valence-corrected chi connectivity index (χ0v) is 18.9. The van der Waals surface area contributed by atoms with Gasteiger partial charge in [0.05, 0.1) is 37.1 Å². The van der Waals surface area contributed by atoms with E-state index in [-0.39, 0.29) is 53.4 Å². The largest absolute Gasteiger partial charge is 0.492 e. The first-order chi connectivity index (χ1) is 16.0. The quantitative estimate of drug-likeness (QED) is 0.306. The summed E-state index contributed by atoms with van der Waals surface area (Å²) in [7, 11) is 1.30. The van der Waals surface area contributed by atoms with Crippen molar-refractivity contribution in [2.75, 3.05) is 32.2 Å². The molecule has 0 atom stereocenters. The van der Waals surface area contributed by atoms with Crippen LogP contribution in [0.1, 0.15) is 28.7 Å². The van der Waals surface area contributed by atoms with E-state index >= 15 is 4.39 Å². The van der Waals surface area contributed by atoms with Crippen LogP contribution in [0.5, 0.6) is 5.75 Å². The monoisotopic (exact) mass is 475 g/mol. The van der Waals surface area contributed by atoms with Crippen LogP contribution in [0.25, 0.3) is 17.5 Å². The Balaban J connectivity index is 2.06. The molecule has 0 saturated carbocycles. The lowest BCUT2D eigenvalue weighted by Crippen LogP contribution is -2.16. The molecular formula is C23H23ClFN3O5. The number of halogens is 2. The van der Waals surface area contributed by atoms with E-state index in [9.17, 15) is 4.79 Å². The van der Waals surface area contributed by atoms with Crippen molar-refractivity contribution < 1.29 is 27.8 Å². The Kier molecular flexibility index (Phi) is 8.39. The predicted octanol–water partition coefficient (Wildman–Crippen LogP) is 4.99. The standard InChI is InChI=1S/C23H23ClFN3O5/c1-4-15-19(23(29)33-12-11-31-5-2)27-22(16-8-9-17(24)20(30-3)18(16)25)28-21(15)26-13-14-7-6-10-32-14/h4,6-10H,1,5,11-13H2,2-3H3,(H,26,27,28). The highest BCUT2D eigenvalue weighted by Crippen LogP contribution is 2.35. The number of anilines is 1. The Hall–Kier alpha value is -3.43. The van der Waals surface area contributed by atoms with Gasteiger partial charge in [0.2, 0.25) is 0 Å². The van der Waals surface area contributed by atoms with Crippen molar-refractivity contribution in [3.05, 3.63) is 65.0 Å². The van der Waals surface area contributed by atoms with Crippen LogP contribution in [0, 0.1) is 5.82 Å². The minimum Gasteiger partial charge on any atom is -0.492 e. The van der Waals surface area contributed by atoms with E-state index in [0.29, 0.717) is 17.9 Å². The van der Waals surface area contributed by atoms with Crippen molar-refractivity contribution in [1.82, 2.24) is 9.97 Å². The molecule has 3 aromatic rings. The van der Waals surface area contributed by atoms with E-state index < -0.39 is 11.8 Å². The Morgan fingerprint density at radius 1 is 1.30 bits per heavy atom. The number of methoxy groups -OCH3 is 1. The van der Waals surface area contributed by atoms with Gasteiger partial charge in [0.25, 0.3) is 0 Å². The summed E-state index contributed by atoms with van der Waals surface area (Å²) in [5.41, 5.74) is 0.214. The summed E-state index contributed by atoms with van der Waals surface area (Å²) in [5, 5.41) is 3.17. The highest BCUT2D eigenvalue weighted by molar-refractivity contribution is 6.32. The number of aromatic nitrogens is 2. The van der Waals surface area contributed by atoms with Gasteiger partial charge in [-0.3, -0.25) is 0 Å². The summed E-state index contributed by atoms with van der Waals surface area (Å²) in [6.07, 6.45) is 2.96. The number of ether oxygens (including phenoxy) is 3. The van der Waals surface area contributed by atoms with E-state index in [1.165, 1.54) is 31.6 Å². The zero-order chi connectivity index (χ0) is 23.8. The molecule has 3 rings (SSSR count). The third kappa shape index (κ3) is 5.68. The van der Waals surface area contributed by atoms with Crippen LogP contribution in [0.4, 0.5) is 10.2 Å². The predicted molar refractivity (Wildman–Crippen MR) is 122 cm³/mol. The van der Waals surface area contributed by atoms with Crippen LogP contribution in [0.3, 0.4) is 0 Å². The van der Waals surface area contributed by atoms with E-state index in [1.807, 2.05) is 6.92 Å². The van der Waals surface area contributed by atoms with Crippen LogP contribution >= 0.6 is 11.6 Å². The molecule has 0 aliphatic rings. The van der Waals surface area contributed by atoms with Crippen molar-refractivity contribution in [3.63, 3.8) is 0 Å². The smallest absolute Gasteiger partial charge is 0.357 e. The molecule has 0 unspecified atom stereocenters. The molecule has 174 valence electrons. The lowest BCUT2D eigenvalue weighted by atomic mass is 10.1. The van der Waals surface area contributed by atoms with Gasteiger partial charge in [-0.05, 0) is 31.2 Å². The summed E-state index contributed by atoms with van der Waals surface area (Å²) >= 11 is 6.01. The summed E-state index contributed by atoms with van der Waals surface area (Å²) in [6, 6.07) is 6.38. The normalized spacial score (nSPS) is 10.7. The third-order valence-electron chi connectivity index (χ3n) is 4.51. The highest BCUT2D eigenvalue weighted by Gasteiger charge is 2.23. The summed E-state index contributed by atoms with van der Waals surface area (Å²) in [6.45, 7) is 6.61. The minimum absolute atomic E-state index is 0.00345. The molecule has 0 fully saturated rings. The van der Waals surface area contributed by atoms with Crippen molar-refractivity contribution in [3.8, 4) is 17.1 Å². The fourth-order valence-corrected chi connectivity index (χ4v) is 3.18. The number of hydrogen-bond donors (Lipinski definition) is 1. The van der Waals surface area contributed by atoms with Crippen LogP contribution in [-0.4, -0.2) is 42.9 Å². The molecule has 2 heterocycles. The fourth-order valence-electron chi connectivity index (χ4n) is 2.96. The molecule has 0 bridgehead atoms. The van der Waals surface area contributed by atoms with Crippen LogP contribution < -0.4 is 10.1 Å². The number of carbonyl (C=O) groups excluding carboxylic acids is 1. The molecular weight excluding hydrogens is 453 g/mol. The maximum Gasteiger partial charge on any atom is 0.357 e. The van der Waals surface area contributed by atoms with Crippen LogP contribution in [0.15, 0.2) is 41.5 Å². The molecule has 0 saturated heterocycles. The Morgan fingerprint density at radius 2 is 2.12 bits per heavy atom. The second kappa shape index (κ2) is 11.4. The number of carbonyl (C=O) groups is 1. The van der Waals surface area contributed by atoms with Crippen molar-refractivity contribution in [1.29, 1.82) is 0 Å². The summed E-state index contributed by atoms with van der Waals surface area (Å²) in [4.78, 5) is 21.5. The summed E-state index contributed by atoms with van der Waals surface area (Å²) in [5.74, 6) is -0.829. The number of esters is 1. The molecule has 0 radical (unpaired) electrons. The molecule has 0 spiro atoms.